The summed E-state index contributed by atoms with van der Waals surface area (Å²) in [6, 6.07) is 2.09. The molecule has 2 rings (SSSR count). The molecule has 4 nitrogen and oxygen atoms in total. The fourth-order valence-electron chi connectivity index (χ4n) is 2.79. The maximum absolute atomic E-state index is 4.29. The van der Waals surface area contributed by atoms with Crippen LogP contribution >= 0.6 is 24.0 Å². The van der Waals surface area contributed by atoms with E-state index in [9.17, 15) is 0 Å². The second-order valence-electron chi connectivity index (χ2n) is 5.84. The molecule has 0 radical (unpaired) electrons. The topological polar surface area (TPSA) is 49.3 Å². The number of guanidine groups is 1. The summed E-state index contributed by atoms with van der Waals surface area (Å²) in [7, 11) is 1.83. The standard InChI is InChI=1S/C18H28N4.HI/c1-15-14-20-11-9-17(15)10-13-22-18(19-2)21-12-8-16-6-4-3-5-7-16;/h6,9,11,14H,3-5,7-8,10,12-13H2,1-2H3,(H2,19,21,22);1H. The lowest BCUT2D eigenvalue weighted by Gasteiger charge is -2.15. The molecule has 2 N–H and O–H groups in total. The fraction of sp³-hybridized carbons (Fsp3) is 0.556. The van der Waals surface area contributed by atoms with Gasteiger partial charge in [0.05, 0.1) is 0 Å². The van der Waals surface area contributed by atoms with Crippen LogP contribution < -0.4 is 10.6 Å². The second-order valence-corrected chi connectivity index (χ2v) is 5.84. The molecule has 128 valence electrons. The number of hydrogen-bond donors (Lipinski definition) is 2. The highest BCUT2D eigenvalue weighted by Gasteiger charge is 2.04. The normalized spacial score (nSPS) is 14.7. The number of aliphatic imine (C=N–C) groups is 1. The van der Waals surface area contributed by atoms with Crippen molar-refractivity contribution in [2.75, 3.05) is 20.1 Å². The molecule has 0 saturated carbocycles. The van der Waals surface area contributed by atoms with E-state index in [0.717, 1.165) is 31.9 Å². The maximum Gasteiger partial charge on any atom is 0.190 e. The number of nitrogens with one attached hydrogen (secondary N) is 2. The monoisotopic (exact) mass is 428 g/mol. The molecule has 23 heavy (non-hydrogen) atoms. The molecular weight excluding hydrogens is 399 g/mol. The Bertz CT molecular complexity index is 526. The molecule has 0 aromatic carbocycles. The molecule has 0 aliphatic heterocycles. The summed E-state index contributed by atoms with van der Waals surface area (Å²) < 4.78 is 0. The average molecular weight is 428 g/mol. The molecule has 5 heteroatoms. The number of aromatic nitrogens is 1. The Balaban J connectivity index is 0.00000264. The third kappa shape index (κ3) is 7.33. The van der Waals surface area contributed by atoms with Gasteiger partial charge in [-0.25, -0.2) is 0 Å². The first-order valence-corrected chi connectivity index (χ1v) is 8.31. The van der Waals surface area contributed by atoms with E-state index in [-0.39, 0.29) is 24.0 Å². The smallest absolute Gasteiger partial charge is 0.190 e. The van der Waals surface area contributed by atoms with Gasteiger partial charge in [0.2, 0.25) is 0 Å². The zero-order valence-corrected chi connectivity index (χ0v) is 16.6. The molecular formula is C18H29IN4. The maximum atomic E-state index is 4.29. The Kier molecular flexibility index (Phi) is 9.91. The van der Waals surface area contributed by atoms with E-state index in [1.54, 1.807) is 5.57 Å². The van der Waals surface area contributed by atoms with Gasteiger partial charge in [-0.15, -0.1) is 24.0 Å². The van der Waals surface area contributed by atoms with Gasteiger partial charge in [0.15, 0.2) is 5.96 Å². The average Bonchev–Trinajstić information content (AvgIpc) is 2.56. The van der Waals surface area contributed by atoms with Crippen molar-refractivity contribution >= 4 is 29.9 Å². The molecule has 1 heterocycles. The largest absolute Gasteiger partial charge is 0.356 e. The van der Waals surface area contributed by atoms with Gasteiger partial charge in [-0.1, -0.05) is 11.6 Å². The number of nitrogens with zero attached hydrogens (tertiary/aromatic N) is 2. The first kappa shape index (κ1) is 19.9. The van der Waals surface area contributed by atoms with Gasteiger partial charge in [-0.3, -0.25) is 9.98 Å². The van der Waals surface area contributed by atoms with Crippen LogP contribution in [0.3, 0.4) is 0 Å². The summed E-state index contributed by atoms with van der Waals surface area (Å²) in [4.78, 5) is 8.41. The molecule has 0 spiro atoms. The minimum Gasteiger partial charge on any atom is -0.356 e. The number of allylic oxidation sites excluding steroid dienone is 1. The lowest BCUT2D eigenvalue weighted by atomic mass is 9.97. The van der Waals surface area contributed by atoms with E-state index in [1.807, 2.05) is 19.4 Å². The second kappa shape index (κ2) is 11.4. The molecule has 0 amide bonds. The van der Waals surface area contributed by atoms with Crippen molar-refractivity contribution in [1.29, 1.82) is 0 Å². The molecule has 0 saturated heterocycles. The lowest BCUT2D eigenvalue weighted by Crippen LogP contribution is -2.38. The molecule has 0 atom stereocenters. The van der Waals surface area contributed by atoms with Gasteiger partial charge in [0, 0.05) is 32.5 Å². The molecule has 1 aromatic heterocycles. The Morgan fingerprint density at radius 2 is 2.00 bits per heavy atom. The van der Waals surface area contributed by atoms with Gasteiger partial charge in [-0.2, -0.15) is 0 Å². The molecule has 0 bridgehead atoms. The van der Waals surface area contributed by atoms with Crippen LogP contribution in [0.5, 0.6) is 0 Å². The minimum atomic E-state index is 0. The van der Waals surface area contributed by atoms with Crippen molar-refractivity contribution in [2.45, 2.75) is 45.4 Å². The van der Waals surface area contributed by atoms with Gasteiger partial charge in [0.1, 0.15) is 0 Å². The predicted octanol–water partition coefficient (Wildman–Crippen LogP) is 3.61. The number of pyridine rings is 1. The summed E-state index contributed by atoms with van der Waals surface area (Å²) in [5, 5.41) is 6.79. The Morgan fingerprint density at radius 3 is 2.65 bits per heavy atom. The van der Waals surface area contributed by atoms with Crippen molar-refractivity contribution in [3.05, 3.63) is 41.2 Å². The van der Waals surface area contributed by atoms with Gasteiger partial charge in [0.25, 0.3) is 0 Å². The number of aryl methyl sites for hydroxylation is 1. The van der Waals surface area contributed by atoms with E-state index in [4.69, 9.17) is 0 Å². The summed E-state index contributed by atoms with van der Waals surface area (Å²) in [5.74, 6) is 0.892. The Morgan fingerprint density at radius 1 is 1.22 bits per heavy atom. The first-order chi connectivity index (χ1) is 10.8. The summed E-state index contributed by atoms with van der Waals surface area (Å²) >= 11 is 0. The fourth-order valence-corrected chi connectivity index (χ4v) is 2.79. The van der Waals surface area contributed by atoms with Gasteiger partial charge in [-0.05, 0) is 62.6 Å². The van der Waals surface area contributed by atoms with Crippen molar-refractivity contribution < 1.29 is 0 Å². The van der Waals surface area contributed by atoms with Crippen molar-refractivity contribution in [3.8, 4) is 0 Å². The van der Waals surface area contributed by atoms with Crippen LogP contribution in [0, 0.1) is 6.92 Å². The summed E-state index contributed by atoms with van der Waals surface area (Å²) in [6.07, 6.45) is 13.5. The number of hydrogen-bond acceptors (Lipinski definition) is 2. The minimum absolute atomic E-state index is 0. The molecule has 1 aliphatic rings. The third-order valence-corrected chi connectivity index (χ3v) is 4.17. The Labute approximate surface area is 157 Å². The quantitative estimate of drug-likeness (QED) is 0.315. The highest BCUT2D eigenvalue weighted by Crippen LogP contribution is 2.19. The number of halogens is 1. The molecule has 0 fully saturated rings. The van der Waals surface area contributed by atoms with E-state index >= 15 is 0 Å². The SMILES string of the molecule is CN=C(NCCC1=CCCCC1)NCCc1ccncc1C.I. The summed E-state index contributed by atoms with van der Waals surface area (Å²) in [5.41, 5.74) is 4.18. The van der Waals surface area contributed by atoms with Crippen LogP contribution in [0.15, 0.2) is 35.1 Å². The van der Waals surface area contributed by atoms with E-state index in [1.165, 1.54) is 36.8 Å². The van der Waals surface area contributed by atoms with Crippen LogP contribution in [0.25, 0.3) is 0 Å². The van der Waals surface area contributed by atoms with Crippen molar-refractivity contribution in [1.82, 2.24) is 15.6 Å². The number of rotatable bonds is 6. The van der Waals surface area contributed by atoms with Gasteiger partial charge >= 0.3 is 0 Å². The first-order valence-electron chi connectivity index (χ1n) is 8.31. The molecule has 1 aromatic rings. The van der Waals surface area contributed by atoms with Crippen LogP contribution in [0.1, 0.15) is 43.2 Å². The molecule has 1 aliphatic carbocycles. The van der Waals surface area contributed by atoms with Crippen LogP contribution in [-0.2, 0) is 6.42 Å². The van der Waals surface area contributed by atoms with E-state index in [2.05, 4.69) is 39.7 Å². The highest BCUT2D eigenvalue weighted by molar-refractivity contribution is 14.0. The lowest BCUT2D eigenvalue weighted by molar-refractivity contribution is 0.665. The van der Waals surface area contributed by atoms with Crippen LogP contribution in [0.2, 0.25) is 0 Å². The zero-order chi connectivity index (χ0) is 15.6. The predicted molar refractivity (Wildman–Crippen MR) is 109 cm³/mol. The van der Waals surface area contributed by atoms with Crippen molar-refractivity contribution in [3.63, 3.8) is 0 Å². The summed E-state index contributed by atoms with van der Waals surface area (Å²) in [6.45, 7) is 3.94. The Hall–Kier alpha value is -1.11. The molecule has 0 unspecified atom stereocenters. The third-order valence-electron chi connectivity index (χ3n) is 4.17. The van der Waals surface area contributed by atoms with Crippen molar-refractivity contribution in [2.24, 2.45) is 4.99 Å². The van der Waals surface area contributed by atoms with Gasteiger partial charge < -0.3 is 10.6 Å². The van der Waals surface area contributed by atoms with Crippen LogP contribution in [-0.4, -0.2) is 31.1 Å². The highest BCUT2D eigenvalue weighted by atomic mass is 127. The van der Waals surface area contributed by atoms with E-state index < -0.39 is 0 Å². The van der Waals surface area contributed by atoms with Crippen LogP contribution in [0.4, 0.5) is 0 Å². The zero-order valence-electron chi connectivity index (χ0n) is 14.3. The van der Waals surface area contributed by atoms with E-state index in [0.29, 0.717) is 0 Å².